The fraction of sp³-hybridized carbons (Fsp3) is 0.471. The zero-order valence-corrected chi connectivity index (χ0v) is 13.8. The molecule has 3 heterocycles. The number of thiophene rings is 1. The number of amides is 1. The molecule has 2 aromatic rings. The third-order valence-electron chi connectivity index (χ3n) is 4.35. The standard InChI is InChI=1S/C17H23N3OS/c1-18-12-14-6-9-19(10-7-14)17(21)16-5-2-8-20(16)13-15-4-3-11-22-15/h2-5,8,11,14,18H,6-7,9-10,12-13H2,1H3. The summed E-state index contributed by atoms with van der Waals surface area (Å²) in [6.45, 7) is 3.57. The average molecular weight is 317 g/mol. The highest BCUT2D eigenvalue weighted by molar-refractivity contribution is 7.09. The van der Waals surface area contributed by atoms with Crippen LogP contribution in [0.15, 0.2) is 35.8 Å². The molecular weight excluding hydrogens is 294 g/mol. The molecule has 1 aliphatic rings. The molecular formula is C17H23N3OS. The Labute approximate surface area is 135 Å². The molecule has 1 aliphatic heterocycles. The Balaban J connectivity index is 1.65. The minimum absolute atomic E-state index is 0.171. The summed E-state index contributed by atoms with van der Waals surface area (Å²) in [7, 11) is 2.00. The van der Waals surface area contributed by atoms with Crippen LogP contribution in [-0.2, 0) is 6.54 Å². The predicted molar refractivity (Wildman–Crippen MR) is 90.4 cm³/mol. The number of aromatic nitrogens is 1. The van der Waals surface area contributed by atoms with Crippen LogP contribution in [0.5, 0.6) is 0 Å². The number of hydrogen-bond acceptors (Lipinski definition) is 3. The molecule has 1 fully saturated rings. The molecule has 4 nitrogen and oxygen atoms in total. The van der Waals surface area contributed by atoms with E-state index in [1.807, 2.05) is 30.3 Å². The van der Waals surface area contributed by atoms with Gasteiger partial charge < -0.3 is 14.8 Å². The summed E-state index contributed by atoms with van der Waals surface area (Å²) in [4.78, 5) is 16.0. The van der Waals surface area contributed by atoms with Gasteiger partial charge in [0.1, 0.15) is 5.69 Å². The topological polar surface area (TPSA) is 37.3 Å². The number of carbonyl (C=O) groups is 1. The van der Waals surface area contributed by atoms with Crippen molar-refractivity contribution in [2.24, 2.45) is 5.92 Å². The van der Waals surface area contributed by atoms with Crippen molar-refractivity contribution in [3.63, 3.8) is 0 Å². The summed E-state index contributed by atoms with van der Waals surface area (Å²) < 4.78 is 2.06. The fourth-order valence-electron chi connectivity index (χ4n) is 3.11. The van der Waals surface area contributed by atoms with Crippen molar-refractivity contribution in [3.05, 3.63) is 46.4 Å². The number of nitrogens with zero attached hydrogens (tertiary/aromatic N) is 2. The van der Waals surface area contributed by atoms with Crippen LogP contribution in [0.4, 0.5) is 0 Å². The van der Waals surface area contributed by atoms with E-state index < -0.39 is 0 Å². The molecule has 0 unspecified atom stereocenters. The van der Waals surface area contributed by atoms with E-state index in [0.29, 0.717) is 5.92 Å². The minimum atomic E-state index is 0.171. The first-order valence-corrected chi connectivity index (χ1v) is 8.77. The van der Waals surface area contributed by atoms with Gasteiger partial charge in [-0.3, -0.25) is 4.79 Å². The number of likely N-dealkylation sites (tertiary alicyclic amines) is 1. The number of nitrogens with one attached hydrogen (secondary N) is 1. The van der Waals surface area contributed by atoms with Crippen LogP contribution in [0.1, 0.15) is 28.2 Å². The highest BCUT2D eigenvalue weighted by Gasteiger charge is 2.24. The smallest absolute Gasteiger partial charge is 0.270 e. The van der Waals surface area contributed by atoms with Crippen molar-refractivity contribution in [2.75, 3.05) is 26.7 Å². The monoisotopic (exact) mass is 317 g/mol. The lowest BCUT2D eigenvalue weighted by atomic mass is 9.96. The normalized spacial score (nSPS) is 16.1. The van der Waals surface area contributed by atoms with Gasteiger partial charge in [0.25, 0.3) is 5.91 Å². The van der Waals surface area contributed by atoms with Crippen LogP contribution >= 0.6 is 11.3 Å². The molecule has 0 bridgehead atoms. The van der Waals surface area contributed by atoms with Gasteiger partial charge in [-0.25, -0.2) is 0 Å². The van der Waals surface area contributed by atoms with Crippen LogP contribution < -0.4 is 5.32 Å². The maximum Gasteiger partial charge on any atom is 0.270 e. The Bertz CT molecular complexity index is 597. The van der Waals surface area contributed by atoms with Crippen molar-refractivity contribution in [1.82, 2.24) is 14.8 Å². The maximum atomic E-state index is 12.8. The molecule has 1 saturated heterocycles. The summed E-state index contributed by atoms with van der Waals surface area (Å²) in [5, 5.41) is 5.31. The summed E-state index contributed by atoms with van der Waals surface area (Å²) in [5.41, 5.74) is 0.806. The van der Waals surface area contributed by atoms with Crippen LogP contribution in [0.25, 0.3) is 0 Å². The summed E-state index contributed by atoms with van der Waals surface area (Å²) >= 11 is 1.73. The molecule has 1 amide bonds. The van der Waals surface area contributed by atoms with Crippen molar-refractivity contribution < 1.29 is 4.79 Å². The van der Waals surface area contributed by atoms with Gasteiger partial charge in [0.15, 0.2) is 0 Å². The molecule has 1 N–H and O–H groups in total. The van der Waals surface area contributed by atoms with Crippen LogP contribution in [0, 0.1) is 5.92 Å². The quantitative estimate of drug-likeness (QED) is 0.920. The molecule has 0 aliphatic carbocycles. The Morgan fingerprint density at radius 3 is 2.82 bits per heavy atom. The van der Waals surface area contributed by atoms with E-state index in [1.165, 1.54) is 4.88 Å². The van der Waals surface area contributed by atoms with Gasteiger partial charge >= 0.3 is 0 Å². The highest BCUT2D eigenvalue weighted by Crippen LogP contribution is 2.20. The molecule has 118 valence electrons. The predicted octanol–water partition coefficient (Wildman–Crippen LogP) is 2.67. The fourth-order valence-corrected chi connectivity index (χ4v) is 3.81. The van der Waals surface area contributed by atoms with Crippen molar-refractivity contribution >= 4 is 17.2 Å². The zero-order valence-electron chi connectivity index (χ0n) is 13.0. The molecule has 5 heteroatoms. The highest BCUT2D eigenvalue weighted by atomic mass is 32.1. The van der Waals surface area contributed by atoms with Crippen molar-refractivity contribution in [3.8, 4) is 0 Å². The van der Waals surface area contributed by atoms with Crippen LogP contribution in [0.2, 0.25) is 0 Å². The lowest BCUT2D eigenvalue weighted by Gasteiger charge is -2.32. The third kappa shape index (κ3) is 3.42. The van der Waals surface area contributed by atoms with Gasteiger partial charge in [-0.15, -0.1) is 11.3 Å². The van der Waals surface area contributed by atoms with Gasteiger partial charge in [0, 0.05) is 24.2 Å². The van der Waals surface area contributed by atoms with E-state index in [2.05, 4.69) is 27.4 Å². The summed E-state index contributed by atoms with van der Waals surface area (Å²) in [5.74, 6) is 0.872. The van der Waals surface area contributed by atoms with Gasteiger partial charge in [-0.1, -0.05) is 6.07 Å². The number of carbonyl (C=O) groups excluding carboxylic acids is 1. The van der Waals surface area contributed by atoms with E-state index in [4.69, 9.17) is 0 Å². The van der Waals surface area contributed by atoms with E-state index >= 15 is 0 Å². The van der Waals surface area contributed by atoms with Gasteiger partial charge in [-0.05, 0) is 55.9 Å². The Kier molecular flexibility index (Phi) is 4.95. The first-order valence-electron chi connectivity index (χ1n) is 7.89. The largest absolute Gasteiger partial charge is 0.338 e. The van der Waals surface area contributed by atoms with Gasteiger partial charge in [-0.2, -0.15) is 0 Å². The lowest BCUT2D eigenvalue weighted by Crippen LogP contribution is -2.41. The number of piperidine rings is 1. The van der Waals surface area contributed by atoms with Crippen molar-refractivity contribution in [2.45, 2.75) is 19.4 Å². The zero-order chi connectivity index (χ0) is 15.4. The Hall–Kier alpha value is -1.59. The van der Waals surface area contributed by atoms with Crippen LogP contribution in [0.3, 0.4) is 0 Å². The molecule has 0 aromatic carbocycles. The third-order valence-corrected chi connectivity index (χ3v) is 5.21. The van der Waals surface area contributed by atoms with Gasteiger partial charge in [0.2, 0.25) is 0 Å². The maximum absolute atomic E-state index is 12.8. The van der Waals surface area contributed by atoms with Crippen molar-refractivity contribution in [1.29, 1.82) is 0 Å². The second kappa shape index (κ2) is 7.11. The first kappa shape index (κ1) is 15.3. The molecule has 2 aromatic heterocycles. The second-order valence-corrected chi connectivity index (χ2v) is 6.93. The van der Waals surface area contributed by atoms with Gasteiger partial charge in [0.05, 0.1) is 6.54 Å². The molecule has 0 saturated carbocycles. The van der Waals surface area contributed by atoms with Crippen LogP contribution in [-0.4, -0.2) is 42.1 Å². The molecule has 0 spiro atoms. The minimum Gasteiger partial charge on any atom is -0.338 e. The molecule has 0 atom stereocenters. The Morgan fingerprint density at radius 2 is 2.14 bits per heavy atom. The Morgan fingerprint density at radius 1 is 1.32 bits per heavy atom. The van der Waals surface area contributed by atoms with E-state index in [1.54, 1.807) is 11.3 Å². The molecule has 3 rings (SSSR count). The molecule has 22 heavy (non-hydrogen) atoms. The number of rotatable bonds is 5. The second-order valence-electron chi connectivity index (χ2n) is 5.89. The first-order chi connectivity index (χ1) is 10.8. The summed E-state index contributed by atoms with van der Waals surface area (Å²) in [6.07, 6.45) is 4.19. The van der Waals surface area contributed by atoms with E-state index in [0.717, 1.165) is 44.7 Å². The lowest BCUT2D eigenvalue weighted by molar-refractivity contribution is 0.0680. The molecule has 0 radical (unpaired) electrons. The average Bonchev–Trinajstić information content (AvgIpc) is 3.20. The number of hydrogen-bond donors (Lipinski definition) is 1. The van der Waals surface area contributed by atoms with E-state index in [9.17, 15) is 4.79 Å². The SMILES string of the molecule is CNCC1CCN(C(=O)c2cccn2Cc2cccs2)CC1. The summed E-state index contributed by atoms with van der Waals surface area (Å²) in [6, 6.07) is 8.07. The van der Waals surface area contributed by atoms with E-state index in [-0.39, 0.29) is 5.91 Å².